The molecule has 1 saturated heterocycles. The first-order chi connectivity index (χ1) is 14.3. The lowest BCUT2D eigenvalue weighted by Gasteiger charge is -2.52. The molecule has 156 valence electrons. The van der Waals surface area contributed by atoms with Crippen molar-refractivity contribution < 1.29 is 18.7 Å². The highest BCUT2D eigenvalue weighted by Crippen LogP contribution is 2.55. The zero-order valence-corrected chi connectivity index (χ0v) is 17.4. The van der Waals surface area contributed by atoms with Gasteiger partial charge in [-0.2, -0.15) is 0 Å². The molecule has 2 aromatic rings. The van der Waals surface area contributed by atoms with E-state index >= 15 is 0 Å². The number of nitrogens with two attached hydrogens (primary N) is 1. The Morgan fingerprint density at radius 1 is 1.27 bits per heavy atom. The maximum Gasteiger partial charge on any atom is 0.265 e. The van der Waals surface area contributed by atoms with Gasteiger partial charge in [0.25, 0.3) is 5.91 Å². The summed E-state index contributed by atoms with van der Waals surface area (Å²) in [7, 11) is 1.60. The lowest BCUT2D eigenvalue weighted by molar-refractivity contribution is -0.191. The summed E-state index contributed by atoms with van der Waals surface area (Å²) in [6.07, 6.45) is 1.22. The van der Waals surface area contributed by atoms with Crippen molar-refractivity contribution in [2.24, 2.45) is 10.7 Å². The molecule has 2 N–H and O–H groups in total. The van der Waals surface area contributed by atoms with E-state index in [0.29, 0.717) is 29.0 Å². The smallest absolute Gasteiger partial charge is 0.265 e. The molecule has 3 atom stereocenters. The fourth-order valence-electron chi connectivity index (χ4n) is 4.81. The largest absolute Gasteiger partial charge is 0.487 e. The van der Waals surface area contributed by atoms with E-state index in [9.17, 15) is 9.18 Å². The Bertz CT molecular complexity index is 1090. The molecule has 1 amide bonds. The van der Waals surface area contributed by atoms with E-state index in [-0.39, 0.29) is 23.0 Å². The predicted molar refractivity (Wildman–Crippen MR) is 111 cm³/mol. The van der Waals surface area contributed by atoms with Crippen LogP contribution in [-0.4, -0.2) is 42.1 Å². The van der Waals surface area contributed by atoms with E-state index in [0.717, 1.165) is 12.8 Å². The van der Waals surface area contributed by atoms with Gasteiger partial charge in [-0.25, -0.2) is 9.38 Å². The third-order valence-corrected chi connectivity index (χ3v) is 6.64. The second-order valence-corrected chi connectivity index (χ2v) is 8.55. The Hall–Kier alpha value is -2.64. The topological polar surface area (TPSA) is 77.2 Å². The third-order valence-electron chi connectivity index (χ3n) is 6.42. The van der Waals surface area contributed by atoms with Crippen molar-refractivity contribution >= 4 is 23.5 Å². The van der Waals surface area contributed by atoms with Gasteiger partial charge in [0.2, 0.25) is 5.54 Å². The lowest BCUT2D eigenvalue weighted by Crippen LogP contribution is -2.67. The molecule has 6 nitrogen and oxygen atoms in total. The number of halogens is 2. The summed E-state index contributed by atoms with van der Waals surface area (Å²) in [5.41, 5.74) is 5.52. The van der Waals surface area contributed by atoms with E-state index in [4.69, 9.17) is 26.8 Å². The van der Waals surface area contributed by atoms with Crippen LogP contribution in [0.5, 0.6) is 5.75 Å². The number of likely N-dealkylation sites (N-methyl/N-ethyl adjacent to an activating group) is 1. The summed E-state index contributed by atoms with van der Waals surface area (Å²) >= 11 is 6.05. The molecule has 1 spiro atoms. The number of guanidine groups is 1. The SMILES string of the molecule is CN1C(=O)[C@]2(N=C1N)c1cc(-c3cc(F)cc(Cl)c3)ccc1OC1CCCOC12C. The van der Waals surface area contributed by atoms with E-state index in [1.807, 2.05) is 13.0 Å². The molecule has 30 heavy (non-hydrogen) atoms. The minimum atomic E-state index is -1.38. The Morgan fingerprint density at radius 3 is 2.77 bits per heavy atom. The predicted octanol–water partition coefficient (Wildman–Crippen LogP) is 3.46. The van der Waals surface area contributed by atoms with Gasteiger partial charge in [0, 0.05) is 24.2 Å². The molecule has 0 saturated carbocycles. The van der Waals surface area contributed by atoms with E-state index < -0.39 is 17.0 Å². The highest BCUT2D eigenvalue weighted by molar-refractivity contribution is 6.30. The minimum Gasteiger partial charge on any atom is -0.487 e. The average Bonchev–Trinajstić information content (AvgIpc) is 2.94. The number of carbonyl (C=O) groups excluding carboxylic acids is 1. The second kappa shape index (κ2) is 6.43. The van der Waals surface area contributed by atoms with Crippen molar-refractivity contribution in [1.82, 2.24) is 4.90 Å². The van der Waals surface area contributed by atoms with Crippen molar-refractivity contribution in [3.63, 3.8) is 0 Å². The van der Waals surface area contributed by atoms with E-state index in [2.05, 4.69) is 4.99 Å². The molecule has 0 radical (unpaired) electrons. The number of carbonyl (C=O) groups is 1. The molecule has 3 aliphatic heterocycles. The van der Waals surface area contributed by atoms with Crippen LogP contribution in [0.3, 0.4) is 0 Å². The van der Waals surface area contributed by atoms with Crippen molar-refractivity contribution in [3.05, 3.63) is 52.8 Å². The molecule has 1 fully saturated rings. The molecule has 0 bridgehead atoms. The normalized spacial score (nSPS) is 30.0. The Kier molecular flexibility index (Phi) is 4.14. The first-order valence-corrected chi connectivity index (χ1v) is 10.2. The van der Waals surface area contributed by atoms with Gasteiger partial charge < -0.3 is 15.2 Å². The van der Waals surface area contributed by atoms with Gasteiger partial charge in [-0.3, -0.25) is 9.69 Å². The lowest BCUT2D eigenvalue weighted by atomic mass is 9.68. The van der Waals surface area contributed by atoms with Crippen LogP contribution in [0.1, 0.15) is 25.3 Å². The van der Waals surface area contributed by atoms with Gasteiger partial charge in [-0.1, -0.05) is 17.7 Å². The Morgan fingerprint density at radius 2 is 2.07 bits per heavy atom. The van der Waals surface area contributed by atoms with Crippen LogP contribution in [0, 0.1) is 5.82 Å². The van der Waals surface area contributed by atoms with Crippen molar-refractivity contribution in [2.45, 2.75) is 37.0 Å². The Labute approximate surface area is 178 Å². The molecule has 3 aliphatic rings. The molecule has 2 aromatic carbocycles. The summed E-state index contributed by atoms with van der Waals surface area (Å²) < 4.78 is 26.4. The molecular formula is C22H21ClFN3O3. The third kappa shape index (κ3) is 2.45. The molecule has 5 rings (SSSR count). The van der Waals surface area contributed by atoms with Crippen LogP contribution in [-0.2, 0) is 15.1 Å². The molecule has 0 aromatic heterocycles. The summed E-state index contributed by atoms with van der Waals surface area (Å²) in [5.74, 6) is -0.0354. The number of hydrogen-bond donors (Lipinski definition) is 1. The summed E-state index contributed by atoms with van der Waals surface area (Å²) in [6.45, 7) is 2.36. The van der Waals surface area contributed by atoms with Crippen LogP contribution < -0.4 is 10.5 Å². The second-order valence-electron chi connectivity index (χ2n) is 8.12. The number of hydrogen-bond acceptors (Lipinski definition) is 5. The minimum absolute atomic E-state index is 0.126. The van der Waals surface area contributed by atoms with Gasteiger partial charge in [-0.05, 0) is 61.2 Å². The standard InChI is InChI=1S/C22H21ClFN3O3/c1-21-18(4-3-7-29-21)30-17-6-5-12(13-8-14(23)11-15(24)9-13)10-16(17)22(21)19(28)27(2)20(25)26-22/h5-6,8-11,18H,3-4,7H2,1-2H3,(H2,25,26)/t18?,21?,22-/m1/s1. The number of benzene rings is 2. The maximum atomic E-state index is 14.0. The number of nitrogens with zero attached hydrogens (tertiary/aromatic N) is 2. The van der Waals surface area contributed by atoms with E-state index in [1.165, 1.54) is 17.0 Å². The molecule has 0 aliphatic carbocycles. The summed E-state index contributed by atoms with van der Waals surface area (Å²) in [5, 5.41) is 0.287. The fourth-order valence-corrected chi connectivity index (χ4v) is 5.03. The number of fused-ring (bicyclic) bond motifs is 4. The quantitative estimate of drug-likeness (QED) is 0.753. The zero-order chi connectivity index (χ0) is 21.3. The number of rotatable bonds is 1. The van der Waals surface area contributed by atoms with Gasteiger partial charge >= 0.3 is 0 Å². The van der Waals surface area contributed by atoms with Crippen LogP contribution in [0.15, 0.2) is 41.4 Å². The fraction of sp³-hybridized carbons (Fsp3) is 0.364. The average molecular weight is 430 g/mol. The number of amides is 1. The molecule has 8 heteroatoms. The van der Waals surface area contributed by atoms with Gasteiger partial charge in [-0.15, -0.1) is 0 Å². The highest BCUT2D eigenvalue weighted by atomic mass is 35.5. The van der Waals surface area contributed by atoms with E-state index in [1.54, 1.807) is 25.2 Å². The number of aliphatic imine (C=N–C) groups is 1. The molecular weight excluding hydrogens is 409 g/mol. The van der Waals surface area contributed by atoms with Gasteiger partial charge in [0.1, 0.15) is 23.3 Å². The zero-order valence-electron chi connectivity index (χ0n) is 16.6. The summed E-state index contributed by atoms with van der Waals surface area (Å²) in [4.78, 5) is 19.6. The van der Waals surface area contributed by atoms with Crippen LogP contribution >= 0.6 is 11.6 Å². The van der Waals surface area contributed by atoms with Crippen LogP contribution in [0.2, 0.25) is 5.02 Å². The monoisotopic (exact) mass is 429 g/mol. The summed E-state index contributed by atoms with van der Waals surface area (Å²) in [6, 6.07) is 9.72. The van der Waals surface area contributed by atoms with Crippen molar-refractivity contribution in [1.29, 1.82) is 0 Å². The first kappa shape index (κ1) is 19.3. The van der Waals surface area contributed by atoms with Crippen LogP contribution in [0.4, 0.5) is 4.39 Å². The first-order valence-electron chi connectivity index (χ1n) is 9.81. The van der Waals surface area contributed by atoms with Crippen molar-refractivity contribution in [3.8, 4) is 16.9 Å². The molecule has 3 heterocycles. The maximum absolute atomic E-state index is 14.0. The van der Waals surface area contributed by atoms with Crippen molar-refractivity contribution in [2.75, 3.05) is 13.7 Å². The van der Waals surface area contributed by atoms with Gasteiger partial charge in [0.15, 0.2) is 5.96 Å². The highest BCUT2D eigenvalue weighted by Gasteiger charge is 2.68. The molecule has 2 unspecified atom stereocenters. The van der Waals surface area contributed by atoms with Gasteiger partial charge in [0.05, 0.1) is 0 Å². The van der Waals surface area contributed by atoms with Crippen LogP contribution in [0.25, 0.3) is 11.1 Å². The Balaban J connectivity index is 1.77. The number of ether oxygens (including phenoxy) is 2.